The highest BCUT2D eigenvalue weighted by Gasteiger charge is 2.33. The second-order valence-electron chi connectivity index (χ2n) is 5.28. The summed E-state index contributed by atoms with van der Waals surface area (Å²) in [5.41, 5.74) is 0.789. The third-order valence-corrected chi connectivity index (χ3v) is 4.56. The molecule has 2 aromatic rings. The third-order valence-electron chi connectivity index (χ3n) is 3.62. The standard InChI is InChI=1S/C14H15N3O3S/c15-21(19,20)9-10-6-14(18)17(8-10)13-3-1-2-11-7-16-5-4-12(11)13/h1-5,7,10H,6,8-9H2,(H2,15,19,20). The van der Waals surface area contributed by atoms with Gasteiger partial charge in [0, 0.05) is 42.0 Å². The third kappa shape index (κ3) is 2.88. The van der Waals surface area contributed by atoms with E-state index in [1.165, 1.54) is 0 Å². The summed E-state index contributed by atoms with van der Waals surface area (Å²) >= 11 is 0. The summed E-state index contributed by atoms with van der Waals surface area (Å²) < 4.78 is 22.4. The Morgan fingerprint density at radius 3 is 2.90 bits per heavy atom. The van der Waals surface area contributed by atoms with Gasteiger partial charge in [0.15, 0.2) is 0 Å². The summed E-state index contributed by atoms with van der Waals surface area (Å²) in [4.78, 5) is 17.9. The summed E-state index contributed by atoms with van der Waals surface area (Å²) in [6.07, 6.45) is 3.62. The Morgan fingerprint density at radius 2 is 2.14 bits per heavy atom. The van der Waals surface area contributed by atoms with Crippen molar-refractivity contribution in [3.8, 4) is 0 Å². The molecule has 7 heteroatoms. The van der Waals surface area contributed by atoms with Crippen molar-refractivity contribution in [2.45, 2.75) is 6.42 Å². The number of pyridine rings is 1. The van der Waals surface area contributed by atoms with E-state index in [1.807, 2.05) is 24.3 Å². The lowest BCUT2D eigenvalue weighted by Gasteiger charge is -2.18. The van der Waals surface area contributed by atoms with Crippen molar-refractivity contribution in [1.29, 1.82) is 0 Å². The molecule has 1 saturated heterocycles. The molecule has 0 saturated carbocycles. The predicted octanol–water partition coefficient (Wildman–Crippen LogP) is 0.876. The number of hydrogen-bond acceptors (Lipinski definition) is 4. The van der Waals surface area contributed by atoms with Crippen molar-refractivity contribution < 1.29 is 13.2 Å². The average Bonchev–Trinajstić information content (AvgIpc) is 2.76. The molecule has 1 aliphatic heterocycles. The smallest absolute Gasteiger partial charge is 0.227 e. The van der Waals surface area contributed by atoms with Gasteiger partial charge in [0.1, 0.15) is 0 Å². The van der Waals surface area contributed by atoms with Crippen LogP contribution in [0.3, 0.4) is 0 Å². The summed E-state index contributed by atoms with van der Waals surface area (Å²) in [6.45, 7) is 0.372. The molecule has 0 bridgehead atoms. The molecule has 1 unspecified atom stereocenters. The van der Waals surface area contributed by atoms with Gasteiger partial charge < -0.3 is 4.90 Å². The van der Waals surface area contributed by atoms with Gasteiger partial charge in [-0.05, 0) is 12.1 Å². The predicted molar refractivity (Wildman–Crippen MR) is 80.2 cm³/mol. The number of anilines is 1. The SMILES string of the molecule is NS(=O)(=O)CC1CC(=O)N(c2cccc3cnccc23)C1. The number of amides is 1. The van der Waals surface area contributed by atoms with E-state index in [-0.39, 0.29) is 24.0 Å². The molecule has 3 rings (SSSR count). The first-order chi connectivity index (χ1) is 9.94. The van der Waals surface area contributed by atoms with E-state index in [0.29, 0.717) is 6.54 Å². The van der Waals surface area contributed by atoms with Crippen LogP contribution >= 0.6 is 0 Å². The van der Waals surface area contributed by atoms with Crippen LogP contribution in [0.15, 0.2) is 36.7 Å². The Morgan fingerprint density at radius 1 is 1.33 bits per heavy atom. The molecule has 21 heavy (non-hydrogen) atoms. The largest absolute Gasteiger partial charge is 0.311 e. The van der Waals surface area contributed by atoms with Gasteiger partial charge in [0.2, 0.25) is 15.9 Å². The molecule has 6 nitrogen and oxygen atoms in total. The Labute approximate surface area is 122 Å². The van der Waals surface area contributed by atoms with Gasteiger partial charge in [0.05, 0.1) is 11.4 Å². The molecule has 110 valence electrons. The molecule has 1 aromatic heterocycles. The number of nitrogens with zero attached hydrogens (tertiary/aromatic N) is 2. The highest BCUT2D eigenvalue weighted by atomic mass is 32.2. The lowest BCUT2D eigenvalue weighted by Crippen LogP contribution is -2.27. The fourth-order valence-corrected chi connectivity index (χ4v) is 3.68. The van der Waals surface area contributed by atoms with E-state index < -0.39 is 10.0 Å². The van der Waals surface area contributed by atoms with Gasteiger partial charge in [0.25, 0.3) is 0 Å². The minimum Gasteiger partial charge on any atom is -0.311 e. The molecule has 0 radical (unpaired) electrons. The maximum absolute atomic E-state index is 12.2. The Hall–Kier alpha value is -1.99. The molecular weight excluding hydrogens is 290 g/mol. The number of aromatic nitrogens is 1. The summed E-state index contributed by atoms with van der Waals surface area (Å²) in [5.74, 6) is -0.501. The molecular formula is C14H15N3O3S. The number of carbonyl (C=O) groups excluding carboxylic acids is 1. The van der Waals surface area contributed by atoms with E-state index in [4.69, 9.17) is 5.14 Å². The van der Waals surface area contributed by atoms with Crippen molar-refractivity contribution >= 4 is 32.4 Å². The summed E-state index contributed by atoms with van der Waals surface area (Å²) in [7, 11) is -3.57. The Kier molecular flexibility index (Phi) is 3.38. The minimum absolute atomic E-state index is 0.0760. The highest BCUT2D eigenvalue weighted by Crippen LogP contribution is 2.31. The van der Waals surface area contributed by atoms with E-state index in [1.54, 1.807) is 17.3 Å². The van der Waals surface area contributed by atoms with Crippen LogP contribution in [0.25, 0.3) is 10.8 Å². The monoisotopic (exact) mass is 305 g/mol. The van der Waals surface area contributed by atoms with Crippen LogP contribution in [0.4, 0.5) is 5.69 Å². The van der Waals surface area contributed by atoms with Gasteiger partial charge >= 0.3 is 0 Å². The van der Waals surface area contributed by atoms with Crippen LogP contribution in [0, 0.1) is 5.92 Å². The number of hydrogen-bond donors (Lipinski definition) is 1. The van der Waals surface area contributed by atoms with E-state index >= 15 is 0 Å². The van der Waals surface area contributed by atoms with Crippen LogP contribution < -0.4 is 10.0 Å². The van der Waals surface area contributed by atoms with Crippen molar-refractivity contribution in [1.82, 2.24) is 4.98 Å². The number of fused-ring (bicyclic) bond motifs is 1. The van der Waals surface area contributed by atoms with Gasteiger partial charge in [-0.25, -0.2) is 13.6 Å². The maximum Gasteiger partial charge on any atom is 0.227 e. The van der Waals surface area contributed by atoms with Crippen LogP contribution in [-0.4, -0.2) is 31.6 Å². The van der Waals surface area contributed by atoms with Gasteiger partial charge in [-0.1, -0.05) is 12.1 Å². The second kappa shape index (κ2) is 5.09. The number of rotatable bonds is 3. The molecule has 0 aliphatic carbocycles. The van der Waals surface area contributed by atoms with E-state index in [9.17, 15) is 13.2 Å². The average molecular weight is 305 g/mol. The number of primary sulfonamides is 1. The Balaban J connectivity index is 1.95. The fraction of sp³-hybridized carbons (Fsp3) is 0.286. The first-order valence-electron chi connectivity index (χ1n) is 6.57. The summed E-state index contributed by atoms with van der Waals surface area (Å²) in [6, 6.07) is 7.50. The lowest BCUT2D eigenvalue weighted by molar-refractivity contribution is -0.117. The minimum atomic E-state index is -3.57. The van der Waals surface area contributed by atoms with Gasteiger partial charge in [-0.15, -0.1) is 0 Å². The van der Waals surface area contributed by atoms with Gasteiger partial charge in [-0.3, -0.25) is 9.78 Å². The Bertz CT molecular complexity index is 799. The van der Waals surface area contributed by atoms with Crippen LogP contribution in [-0.2, 0) is 14.8 Å². The number of sulfonamides is 1. The zero-order valence-electron chi connectivity index (χ0n) is 11.3. The molecule has 1 aliphatic rings. The van der Waals surface area contributed by atoms with E-state index in [0.717, 1.165) is 16.5 Å². The first-order valence-corrected chi connectivity index (χ1v) is 8.29. The van der Waals surface area contributed by atoms with Crippen molar-refractivity contribution in [2.75, 3.05) is 17.2 Å². The van der Waals surface area contributed by atoms with Crippen LogP contribution in [0.1, 0.15) is 6.42 Å². The van der Waals surface area contributed by atoms with Crippen molar-refractivity contribution in [3.05, 3.63) is 36.7 Å². The number of nitrogens with two attached hydrogens (primary N) is 1. The van der Waals surface area contributed by atoms with Crippen molar-refractivity contribution in [3.63, 3.8) is 0 Å². The molecule has 2 heterocycles. The van der Waals surface area contributed by atoms with Crippen LogP contribution in [0.2, 0.25) is 0 Å². The molecule has 2 N–H and O–H groups in total. The second-order valence-corrected chi connectivity index (χ2v) is 6.94. The lowest BCUT2D eigenvalue weighted by atomic mass is 10.1. The maximum atomic E-state index is 12.2. The zero-order valence-corrected chi connectivity index (χ0v) is 12.1. The van der Waals surface area contributed by atoms with E-state index in [2.05, 4.69) is 4.98 Å². The fourth-order valence-electron chi connectivity index (χ4n) is 2.80. The topological polar surface area (TPSA) is 93.4 Å². The van der Waals surface area contributed by atoms with Crippen molar-refractivity contribution in [2.24, 2.45) is 11.1 Å². The molecule has 1 amide bonds. The number of benzene rings is 1. The normalized spacial score (nSPS) is 19.4. The first kappa shape index (κ1) is 14.0. The molecule has 1 atom stereocenters. The molecule has 1 fully saturated rings. The highest BCUT2D eigenvalue weighted by molar-refractivity contribution is 7.89. The molecule has 1 aromatic carbocycles. The van der Waals surface area contributed by atoms with Crippen LogP contribution in [0.5, 0.6) is 0 Å². The zero-order chi connectivity index (χ0) is 15.0. The number of carbonyl (C=O) groups is 1. The summed E-state index contributed by atoms with van der Waals surface area (Å²) in [5, 5.41) is 6.94. The quantitative estimate of drug-likeness (QED) is 0.910. The molecule has 0 spiro atoms. The van der Waals surface area contributed by atoms with Gasteiger partial charge in [-0.2, -0.15) is 0 Å².